The van der Waals surface area contributed by atoms with E-state index in [0.717, 1.165) is 19.3 Å². The van der Waals surface area contributed by atoms with Crippen LogP contribution in [0.4, 0.5) is 5.69 Å². The van der Waals surface area contributed by atoms with Gasteiger partial charge in [-0.2, -0.15) is 0 Å². The Hall–Kier alpha value is -1.62. The molecule has 18 heavy (non-hydrogen) atoms. The number of para-hydroxylation sites is 2. The second-order valence-corrected chi connectivity index (χ2v) is 4.66. The van der Waals surface area contributed by atoms with Crippen LogP contribution in [-0.2, 0) is 0 Å². The van der Waals surface area contributed by atoms with Crippen LogP contribution in [0.3, 0.4) is 0 Å². The van der Waals surface area contributed by atoms with E-state index in [0.29, 0.717) is 18.2 Å². The summed E-state index contributed by atoms with van der Waals surface area (Å²) in [6.07, 6.45) is 4.24. The molecule has 5 heteroatoms. The van der Waals surface area contributed by atoms with Crippen molar-refractivity contribution >= 4 is 5.69 Å². The molecular weight excluding hydrogens is 232 g/mol. The SMILES string of the molecule is NCC1CCCCC1Oc1ccccc1[N+](=O)[O-]. The topological polar surface area (TPSA) is 78.4 Å². The van der Waals surface area contributed by atoms with Gasteiger partial charge < -0.3 is 10.5 Å². The van der Waals surface area contributed by atoms with Crippen molar-refractivity contribution in [3.05, 3.63) is 34.4 Å². The standard InChI is InChI=1S/C13H18N2O3/c14-9-10-5-1-3-7-12(10)18-13-8-4-2-6-11(13)15(16)17/h2,4,6,8,10,12H,1,3,5,7,9,14H2. The maximum absolute atomic E-state index is 10.9. The van der Waals surface area contributed by atoms with Gasteiger partial charge in [-0.25, -0.2) is 0 Å². The fourth-order valence-electron chi connectivity index (χ4n) is 2.47. The maximum atomic E-state index is 10.9. The Balaban J connectivity index is 2.15. The van der Waals surface area contributed by atoms with Crippen LogP contribution in [-0.4, -0.2) is 17.6 Å². The molecule has 0 heterocycles. The zero-order chi connectivity index (χ0) is 13.0. The molecule has 0 radical (unpaired) electrons. The lowest BCUT2D eigenvalue weighted by molar-refractivity contribution is -0.386. The van der Waals surface area contributed by atoms with E-state index in [2.05, 4.69) is 0 Å². The molecule has 2 N–H and O–H groups in total. The van der Waals surface area contributed by atoms with Crippen LogP contribution in [0, 0.1) is 16.0 Å². The lowest BCUT2D eigenvalue weighted by atomic mass is 9.86. The van der Waals surface area contributed by atoms with E-state index >= 15 is 0 Å². The van der Waals surface area contributed by atoms with E-state index in [1.54, 1.807) is 18.2 Å². The molecular formula is C13H18N2O3. The van der Waals surface area contributed by atoms with Crippen molar-refractivity contribution in [2.45, 2.75) is 31.8 Å². The number of hydrogen-bond donors (Lipinski definition) is 1. The number of benzene rings is 1. The van der Waals surface area contributed by atoms with Gasteiger partial charge in [-0.1, -0.05) is 18.6 Å². The molecule has 0 aliphatic heterocycles. The van der Waals surface area contributed by atoms with E-state index < -0.39 is 4.92 Å². The largest absolute Gasteiger partial charge is 0.483 e. The Morgan fingerprint density at radius 3 is 2.78 bits per heavy atom. The average Bonchev–Trinajstić information content (AvgIpc) is 2.40. The van der Waals surface area contributed by atoms with Gasteiger partial charge in [0.25, 0.3) is 0 Å². The third-order valence-electron chi connectivity index (χ3n) is 3.48. The fraction of sp³-hybridized carbons (Fsp3) is 0.538. The van der Waals surface area contributed by atoms with E-state index in [1.165, 1.54) is 12.5 Å². The van der Waals surface area contributed by atoms with E-state index in [4.69, 9.17) is 10.5 Å². The first-order valence-electron chi connectivity index (χ1n) is 6.32. The maximum Gasteiger partial charge on any atom is 0.310 e. The smallest absolute Gasteiger partial charge is 0.310 e. The molecule has 0 saturated heterocycles. The molecule has 5 nitrogen and oxygen atoms in total. The Morgan fingerprint density at radius 1 is 1.33 bits per heavy atom. The number of nitro groups is 1. The van der Waals surface area contributed by atoms with Gasteiger partial charge in [0.05, 0.1) is 4.92 Å². The van der Waals surface area contributed by atoms with Crippen LogP contribution in [0.2, 0.25) is 0 Å². The van der Waals surface area contributed by atoms with Crippen molar-refractivity contribution in [2.75, 3.05) is 6.54 Å². The molecule has 1 aliphatic carbocycles. The highest BCUT2D eigenvalue weighted by Gasteiger charge is 2.27. The predicted molar refractivity (Wildman–Crippen MR) is 68.5 cm³/mol. The average molecular weight is 250 g/mol. The fourth-order valence-corrected chi connectivity index (χ4v) is 2.47. The summed E-state index contributed by atoms with van der Waals surface area (Å²) in [6, 6.07) is 6.52. The second kappa shape index (κ2) is 5.82. The molecule has 2 rings (SSSR count). The van der Waals surface area contributed by atoms with Gasteiger partial charge in [-0.15, -0.1) is 0 Å². The summed E-state index contributed by atoms with van der Waals surface area (Å²) in [5, 5.41) is 10.9. The van der Waals surface area contributed by atoms with Crippen LogP contribution >= 0.6 is 0 Å². The number of hydrogen-bond acceptors (Lipinski definition) is 4. The zero-order valence-corrected chi connectivity index (χ0v) is 10.2. The minimum Gasteiger partial charge on any atom is -0.483 e. The molecule has 0 spiro atoms. The molecule has 1 aromatic carbocycles. The molecule has 1 aromatic rings. The molecule has 2 unspecified atom stereocenters. The minimum absolute atomic E-state index is 0.00449. The summed E-state index contributed by atoms with van der Waals surface area (Å²) in [5.74, 6) is 0.659. The molecule has 0 bridgehead atoms. The van der Waals surface area contributed by atoms with Crippen LogP contribution < -0.4 is 10.5 Å². The van der Waals surface area contributed by atoms with Gasteiger partial charge in [0.15, 0.2) is 5.75 Å². The summed E-state index contributed by atoms with van der Waals surface area (Å²) >= 11 is 0. The normalized spacial score (nSPS) is 23.6. The van der Waals surface area contributed by atoms with Gasteiger partial charge >= 0.3 is 5.69 Å². The van der Waals surface area contributed by atoms with Crippen LogP contribution in [0.25, 0.3) is 0 Å². The van der Waals surface area contributed by atoms with Crippen molar-refractivity contribution in [2.24, 2.45) is 11.7 Å². The number of nitro benzene ring substituents is 1. The molecule has 2 atom stereocenters. The van der Waals surface area contributed by atoms with Crippen molar-refractivity contribution in [1.82, 2.24) is 0 Å². The highest BCUT2D eigenvalue weighted by Crippen LogP contribution is 2.32. The van der Waals surface area contributed by atoms with Crippen LogP contribution in [0.15, 0.2) is 24.3 Å². The number of rotatable bonds is 4. The van der Waals surface area contributed by atoms with Crippen molar-refractivity contribution in [1.29, 1.82) is 0 Å². The third-order valence-corrected chi connectivity index (χ3v) is 3.48. The van der Waals surface area contributed by atoms with E-state index in [-0.39, 0.29) is 11.8 Å². The van der Waals surface area contributed by atoms with E-state index in [9.17, 15) is 10.1 Å². The first-order valence-corrected chi connectivity index (χ1v) is 6.32. The summed E-state index contributed by atoms with van der Waals surface area (Å²) < 4.78 is 5.83. The Labute approximate surface area is 106 Å². The summed E-state index contributed by atoms with van der Waals surface area (Å²) in [7, 11) is 0. The highest BCUT2D eigenvalue weighted by molar-refractivity contribution is 5.45. The third kappa shape index (κ3) is 2.79. The van der Waals surface area contributed by atoms with Gasteiger partial charge in [0.1, 0.15) is 6.10 Å². The Morgan fingerprint density at radius 2 is 2.06 bits per heavy atom. The summed E-state index contributed by atoms with van der Waals surface area (Å²) in [4.78, 5) is 10.5. The van der Waals surface area contributed by atoms with Gasteiger partial charge in [-0.05, 0) is 31.9 Å². The van der Waals surface area contributed by atoms with Gasteiger partial charge in [0, 0.05) is 12.0 Å². The monoisotopic (exact) mass is 250 g/mol. The highest BCUT2D eigenvalue weighted by atomic mass is 16.6. The molecule has 1 fully saturated rings. The van der Waals surface area contributed by atoms with Crippen molar-refractivity contribution < 1.29 is 9.66 Å². The Kier molecular flexibility index (Phi) is 4.15. The Bertz CT molecular complexity index is 422. The minimum atomic E-state index is -0.407. The molecule has 98 valence electrons. The van der Waals surface area contributed by atoms with Crippen LogP contribution in [0.5, 0.6) is 5.75 Å². The van der Waals surface area contributed by atoms with Crippen molar-refractivity contribution in [3.8, 4) is 5.75 Å². The number of nitrogens with zero attached hydrogens (tertiary/aromatic N) is 1. The zero-order valence-electron chi connectivity index (χ0n) is 10.2. The quantitative estimate of drug-likeness (QED) is 0.657. The lowest BCUT2D eigenvalue weighted by Gasteiger charge is -2.30. The molecule has 0 aromatic heterocycles. The molecule has 0 amide bonds. The van der Waals surface area contributed by atoms with Crippen LogP contribution in [0.1, 0.15) is 25.7 Å². The first-order chi connectivity index (χ1) is 8.72. The second-order valence-electron chi connectivity index (χ2n) is 4.66. The molecule has 1 aliphatic rings. The summed E-state index contributed by atoms with van der Waals surface area (Å²) in [5.41, 5.74) is 5.76. The number of nitrogens with two attached hydrogens (primary N) is 1. The van der Waals surface area contributed by atoms with Crippen molar-refractivity contribution in [3.63, 3.8) is 0 Å². The lowest BCUT2D eigenvalue weighted by Crippen LogP contribution is -2.35. The molecule has 1 saturated carbocycles. The van der Waals surface area contributed by atoms with Gasteiger partial charge in [0.2, 0.25) is 0 Å². The van der Waals surface area contributed by atoms with E-state index in [1.807, 2.05) is 0 Å². The first kappa shape index (κ1) is 12.8. The predicted octanol–water partition coefficient (Wildman–Crippen LogP) is 2.49. The summed E-state index contributed by atoms with van der Waals surface area (Å²) in [6.45, 7) is 0.575. The number of ether oxygens (including phenoxy) is 1. The van der Waals surface area contributed by atoms with Gasteiger partial charge in [-0.3, -0.25) is 10.1 Å².